The summed E-state index contributed by atoms with van der Waals surface area (Å²) in [6, 6.07) is 7.54. The van der Waals surface area contributed by atoms with Crippen molar-refractivity contribution < 1.29 is 9.53 Å². The van der Waals surface area contributed by atoms with Crippen LogP contribution in [0, 0.1) is 6.92 Å². The lowest BCUT2D eigenvalue weighted by molar-refractivity contribution is -0.124. The van der Waals surface area contributed by atoms with Crippen LogP contribution in [0.4, 0.5) is 5.13 Å². The number of halogens is 1. The molecule has 3 rings (SSSR count). The maximum absolute atomic E-state index is 12.0. The Morgan fingerprint density at radius 2 is 2.38 bits per heavy atom. The van der Waals surface area contributed by atoms with E-state index in [9.17, 15) is 4.79 Å². The fourth-order valence-corrected chi connectivity index (χ4v) is 3.35. The number of carbonyl (C=O) groups is 1. The molecule has 1 aliphatic heterocycles. The number of nitrogens with zero attached hydrogens (tertiary/aromatic N) is 1. The number of ether oxygens (including phenoxy) is 1. The van der Waals surface area contributed by atoms with Crippen molar-refractivity contribution in [2.75, 3.05) is 11.9 Å². The van der Waals surface area contributed by atoms with E-state index in [1.807, 2.05) is 31.2 Å². The Hall–Kier alpha value is -1.43. The Morgan fingerprint density at radius 1 is 1.52 bits per heavy atom. The van der Waals surface area contributed by atoms with Gasteiger partial charge in [0, 0.05) is 22.1 Å². The molecule has 1 saturated heterocycles. The molecular weight excluding hydrogens is 308 g/mol. The summed E-state index contributed by atoms with van der Waals surface area (Å²) < 4.78 is 5.37. The predicted molar refractivity (Wildman–Crippen MR) is 84.9 cm³/mol. The highest BCUT2D eigenvalue weighted by Gasteiger charge is 2.24. The third-order valence-corrected chi connectivity index (χ3v) is 4.47. The fourth-order valence-electron chi connectivity index (χ4n) is 2.32. The first-order valence-corrected chi connectivity index (χ1v) is 7.99. The number of amides is 1. The van der Waals surface area contributed by atoms with Crippen molar-refractivity contribution in [3.05, 3.63) is 34.2 Å². The molecule has 1 fully saturated rings. The van der Waals surface area contributed by atoms with Gasteiger partial charge in [-0.15, -0.1) is 11.3 Å². The quantitative estimate of drug-likeness (QED) is 0.932. The number of thiazole rings is 1. The number of carbonyl (C=O) groups excluding carboxylic acids is 1. The van der Waals surface area contributed by atoms with E-state index in [-0.39, 0.29) is 12.0 Å². The molecule has 1 aliphatic rings. The van der Waals surface area contributed by atoms with Gasteiger partial charge < -0.3 is 4.74 Å². The molecule has 0 bridgehead atoms. The zero-order valence-corrected chi connectivity index (χ0v) is 13.1. The van der Waals surface area contributed by atoms with Crippen molar-refractivity contribution in [2.45, 2.75) is 25.9 Å². The van der Waals surface area contributed by atoms with Crippen LogP contribution in [0.15, 0.2) is 24.3 Å². The first-order chi connectivity index (χ1) is 10.1. The summed E-state index contributed by atoms with van der Waals surface area (Å²) in [5, 5.41) is 4.11. The van der Waals surface area contributed by atoms with Gasteiger partial charge in [0.05, 0.1) is 5.69 Å². The van der Waals surface area contributed by atoms with Gasteiger partial charge in [-0.1, -0.05) is 23.7 Å². The minimum absolute atomic E-state index is 0.112. The number of anilines is 1. The highest BCUT2D eigenvalue weighted by Crippen LogP contribution is 2.31. The molecule has 1 atom stereocenters. The molecule has 6 heteroatoms. The van der Waals surface area contributed by atoms with Crippen molar-refractivity contribution in [2.24, 2.45) is 0 Å². The van der Waals surface area contributed by atoms with Crippen LogP contribution in [-0.4, -0.2) is 23.6 Å². The average molecular weight is 323 g/mol. The van der Waals surface area contributed by atoms with E-state index in [1.54, 1.807) is 0 Å². The zero-order chi connectivity index (χ0) is 14.8. The fraction of sp³-hybridized carbons (Fsp3) is 0.333. The molecule has 0 radical (unpaired) electrons. The molecule has 0 aliphatic carbocycles. The van der Waals surface area contributed by atoms with Crippen LogP contribution in [0.2, 0.25) is 5.02 Å². The summed E-state index contributed by atoms with van der Waals surface area (Å²) in [6.45, 7) is 2.64. The Kier molecular flexibility index (Phi) is 4.24. The minimum Gasteiger partial charge on any atom is -0.368 e. The summed E-state index contributed by atoms with van der Waals surface area (Å²) in [4.78, 5) is 17.6. The molecule has 4 nitrogen and oxygen atoms in total. The predicted octanol–water partition coefficient (Wildman–Crippen LogP) is 3.89. The SMILES string of the molecule is Cc1sc(NC(=O)[C@@H]2CCCO2)nc1-c1cccc(Cl)c1. The standard InChI is InChI=1S/C15H15ClN2O2S/c1-9-13(10-4-2-5-11(16)8-10)17-15(21-9)18-14(19)12-6-3-7-20-12/h2,4-5,8,12H,3,6-7H2,1H3,(H,17,18,19)/t12-/m0/s1. The average Bonchev–Trinajstić information content (AvgIpc) is 3.08. The van der Waals surface area contributed by atoms with Gasteiger partial charge in [0.15, 0.2) is 5.13 Å². The van der Waals surface area contributed by atoms with E-state index in [1.165, 1.54) is 11.3 Å². The summed E-state index contributed by atoms with van der Waals surface area (Å²) in [5.74, 6) is -0.112. The van der Waals surface area contributed by atoms with Gasteiger partial charge in [0.2, 0.25) is 0 Å². The second-order valence-corrected chi connectivity index (χ2v) is 6.56. The molecule has 1 aromatic heterocycles. The second kappa shape index (κ2) is 6.13. The molecule has 21 heavy (non-hydrogen) atoms. The third kappa shape index (κ3) is 3.26. The Balaban J connectivity index is 1.79. The normalized spacial score (nSPS) is 17.9. The number of aryl methyl sites for hydroxylation is 1. The van der Waals surface area contributed by atoms with Gasteiger partial charge in [-0.3, -0.25) is 10.1 Å². The number of hydrogen-bond acceptors (Lipinski definition) is 4. The minimum atomic E-state index is -0.344. The van der Waals surface area contributed by atoms with Crippen molar-refractivity contribution in [3.8, 4) is 11.3 Å². The van der Waals surface area contributed by atoms with Crippen LogP contribution < -0.4 is 5.32 Å². The number of hydrogen-bond donors (Lipinski definition) is 1. The van der Waals surface area contributed by atoms with Crippen LogP contribution in [-0.2, 0) is 9.53 Å². The summed E-state index contributed by atoms with van der Waals surface area (Å²) in [5.41, 5.74) is 1.80. The highest BCUT2D eigenvalue weighted by molar-refractivity contribution is 7.16. The molecule has 2 heterocycles. The van der Waals surface area contributed by atoms with Crippen LogP contribution in [0.3, 0.4) is 0 Å². The first kappa shape index (κ1) is 14.5. The number of rotatable bonds is 3. The largest absolute Gasteiger partial charge is 0.368 e. The lowest BCUT2D eigenvalue weighted by atomic mass is 10.1. The van der Waals surface area contributed by atoms with E-state index in [0.717, 1.165) is 29.0 Å². The van der Waals surface area contributed by atoms with E-state index < -0.39 is 0 Å². The molecule has 1 N–H and O–H groups in total. The highest BCUT2D eigenvalue weighted by atomic mass is 35.5. The lowest BCUT2D eigenvalue weighted by Crippen LogP contribution is -2.26. The molecule has 0 saturated carbocycles. The van der Waals surface area contributed by atoms with Gasteiger partial charge in [0.25, 0.3) is 5.91 Å². The number of nitrogens with one attached hydrogen (secondary N) is 1. The van der Waals surface area contributed by atoms with Gasteiger partial charge >= 0.3 is 0 Å². The maximum atomic E-state index is 12.0. The van der Waals surface area contributed by atoms with E-state index in [2.05, 4.69) is 10.3 Å². The van der Waals surface area contributed by atoms with Crippen LogP contribution in [0.5, 0.6) is 0 Å². The van der Waals surface area contributed by atoms with Crippen molar-refractivity contribution in [1.82, 2.24) is 4.98 Å². The topological polar surface area (TPSA) is 51.2 Å². The van der Waals surface area contributed by atoms with Crippen molar-refractivity contribution in [1.29, 1.82) is 0 Å². The van der Waals surface area contributed by atoms with Gasteiger partial charge in [-0.25, -0.2) is 4.98 Å². The monoisotopic (exact) mass is 322 g/mol. The zero-order valence-electron chi connectivity index (χ0n) is 11.6. The Bertz CT molecular complexity index is 665. The van der Waals surface area contributed by atoms with Gasteiger partial charge in [-0.2, -0.15) is 0 Å². The molecule has 0 spiro atoms. The summed E-state index contributed by atoms with van der Waals surface area (Å²) >= 11 is 7.47. The van der Waals surface area contributed by atoms with Gasteiger partial charge in [-0.05, 0) is 31.9 Å². The van der Waals surface area contributed by atoms with Crippen LogP contribution in [0.1, 0.15) is 17.7 Å². The lowest BCUT2D eigenvalue weighted by Gasteiger charge is -2.07. The van der Waals surface area contributed by atoms with Gasteiger partial charge in [0.1, 0.15) is 6.10 Å². The molecule has 0 unspecified atom stereocenters. The van der Waals surface area contributed by atoms with Crippen molar-refractivity contribution in [3.63, 3.8) is 0 Å². The van der Waals surface area contributed by atoms with E-state index >= 15 is 0 Å². The number of aromatic nitrogens is 1. The Morgan fingerprint density at radius 3 is 3.10 bits per heavy atom. The maximum Gasteiger partial charge on any atom is 0.255 e. The van der Waals surface area contributed by atoms with Crippen LogP contribution in [0.25, 0.3) is 11.3 Å². The van der Waals surface area contributed by atoms with E-state index in [0.29, 0.717) is 16.8 Å². The molecule has 110 valence electrons. The van der Waals surface area contributed by atoms with Crippen molar-refractivity contribution >= 4 is 34.0 Å². The molecular formula is C15H15ClN2O2S. The Labute approximate surface area is 132 Å². The summed E-state index contributed by atoms with van der Waals surface area (Å²) in [7, 11) is 0. The molecule has 1 amide bonds. The second-order valence-electron chi connectivity index (χ2n) is 4.93. The summed E-state index contributed by atoms with van der Waals surface area (Å²) in [6.07, 6.45) is 1.36. The first-order valence-electron chi connectivity index (χ1n) is 6.79. The molecule has 2 aromatic rings. The third-order valence-electron chi connectivity index (χ3n) is 3.35. The smallest absolute Gasteiger partial charge is 0.255 e. The number of benzene rings is 1. The van der Waals surface area contributed by atoms with E-state index in [4.69, 9.17) is 16.3 Å². The molecule has 1 aromatic carbocycles. The van der Waals surface area contributed by atoms with Crippen LogP contribution >= 0.6 is 22.9 Å².